The molecule has 1 aromatic carbocycles. The minimum absolute atomic E-state index is 0.415. The Morgan fingerprint density at radius 1 is 1.21 bits per heavy atom. The number of hydrogen-bond donors (Lipinski definition) is 0. The fourth-order valence-electron chi connectivity index (χ4n) is 0.941. The highest BCUT2D eigenvalue weighted by molar-refractivity contribution is 9.08. The lowest BCUT2D eigenvalue weighted by atomic mass is 10.2. The van der Waals surface area contributed by atoms with Gasteiger partial charge in [0.05, 0.1) is 11.4 Å². The second-order valence-corrected chi connectivity index (χ2v) is 2.91. The molecule has 0 heterocycles. The third-order valence-corrected chi connectivity index (χ3v) is 2.16. The Kier molecular flexibility index (Phi) is 3.95. The Morgan fingerprint density at radius 2 is 1.93 bits per heavy atom. The standard InChI is InChI=1S/C9H5BrN2O2/c10-4-7-1-2-8(11-5-13)3-9(7)12-6-14/h1-3H,4H2. The summed E-state index contributed by atoms with van der Waals surface area (Å²) in [7, 11) is 0. The van der Waals surface area contributed by atoms with Gasteiger partial charge in [-0.3, -0.25) is 0 Å². The van der Waals surface area contributed by atoms with Crippen LogP contribution < -0.4 is 0 Å². The molecule has 0 fully saturated rings. The van der Waals surface area contributed by atoms with Crippen LogP contribution in [-0.2, 0) is 14.9 Å². The molecule has 70 valence electrons. The van der Waals surface area contributed by atoms with Crippen molar-refractivity contribution in [2.75, 3.05) is 0 Å². The van der Waals surface area contributed by atoms with Gasteiger partial charge in [0, 0.05) is 5.33 Å². The van der Waals surface area contributed by atoms with E-state index in [0.29, 0.717) is 16.7 Å². The van der Waals surface area contributed by atoms with Crippen molar-refractivity contribution in [2.24, 2.45) is 9.98 Å². The van der Waals surface area contributed by atoms with Crippen molar-refractivity contribution >= 4 is 39.5 Å². The number of aliphatic imine (C=N–C) groups is 2. The second kappa shape index (κ2) is 5.25. The molecule has 0 atom stereocenters. The summed E-state index contributed by atoms with van der Waals surface area (Å²) in [6, 6.07) is 4.89. The highest BCUT2D eigenvalue weighted by atomic mass is 79.9. The summed E-state index contributed by atoms with van der Waals surface area (Å²) in [5.74, 6) is 0. The normalized spacial score (nSPS) is 8.64. The highest BCUT2D eigenvalue weighted by Gasteiger charge is 2.01. The van der Waals surface area contributed by atoms with Crippen LogP contribution in [0.4, 0.5) is 11.4 Å². The molecular weight excluding hydrogens is 248 g/mol. The fourth-order valence-corrected chi connectivity index (χ4v) is 1.41. The van der Waals surface area contributed by atoms with Crippen LogP contribution >= 0.6 is 15.9 Å². The summed E-state index contributed by atoms with van der Waals surface area (Å²) < 4.78 is 0. The lowest BCUT2D eigenvalue weighted by molar-refractivity contribution is 0.565. The first-order valence-corrected chi connectivity index (χ1v) is 4.78. The molecule has 0 N–H and O–H groups in total. The van der Waals surface area contributed by atoms with Crippen LogP contribution in [0.5, 0.6) is 0 Å². The number of halogens is 1. The van der Waals surface area contributed by atoms with Gasteiger partial charge in [0.15, 0.2) is 0 Å². The summed E-state index contributed by atoms with van der Waals surface area (Å²) in [5, 5.41) is 0.568. The summed E-state index contributed by atoms with van der Waals surface area (Å²) in [4.78, 5) is 27.0. The zero-order chi connectivity index (χ0) is 10.4. The van der Waals surface area contributed by atoms with Crippen LogP contribution in [-0.4, -0.2) is 12.2 Å². The third kappa shape index (κ3) is 2.47. The highest BCUT2D eigenvalue weighted by Crippen LogP contribution is 2.26. The number of hydrogen-bond acceptors (Lipinski definition) is 4. The number of rotatable bonds is 3. The first-order valence-electron chi connectivity index (χ1n) is 3.66. The maximum atomic E-state index is 10.1. The third-order valence-electron chi connectivity index (χ3n) is 1.55. The minimum atomic E-state index is 0.415. The van der Waals surface area contributed by atoms with E-state index in [0.717, 1.165) is 5.56 Å². The van der Waals surface area contributed by atoms with Crippen LogP contribution in [0.2, 0.25) is 0 Å². The molecule has 0 spiro atoms. The van der Waals surface area contributed by atoms with Crippen molar-refractivity contribution in [1.82, 2.24) is 0 Å². The summed E-state index contributed by atoms with van der Waals surface area (Å²) >= 11 is 3.24. The van der Waals surface area contributed by atoms with Crippen LogP contribution in [0.1, 0.15) is 5.56 Å². The lowest BCUT2D eigenvalue weighted by Crippen LogP contribution is -1.78. The second-order valence-electron chi connectivity index (χ2n) is 2.35. The Bertz CT molecular complexity index is 432. The molecule has 1 rings (SSSR count). The zero-order valence-electron chi connectivity index (χ0n) is 7.03. The average Bonchev–Trinajstić information content (AvgIpc) is 2.19. The summed E-state index contributed by atoms with van der Waals surface area (Å²) in [6.07, 6.45) is 2.86. The first-order chi connectivity index (χ1) is 6.81. The molecule has 0 radical (unpaired) electrons. The van der Waals surface area contributed by atoms with Gasteiger partial charge in [-0.15, -0.1) is 0 Å². The van der Waals surface area contributed by atoms with E-state index in [9.17, 15) is 9.59 Å². The number of carbonyl (C=O) groups excluding carboxylic acids is 2. The van der Waals surface area contributed by atoms with E-state index >= 15 is 0 Å². The van der Waals surface area contributed by atoms with Crippen molar-refractivity contribution < 1.29 is 9.59 Å². The van der Waals surface area contributed by atoms with E-state index in [-0.39, 0.29) is 0 Å². The van der Waals surface area contributed by atoms with Gasteiger partial charge in [-0.05, 0) is 17.7 Å². The van der Waals surface area contributed by atoms with Gasteiger partial charge in [-0.2, -0.15) is 9.98 Å². The first kappa shape index (κ1) is 10.5. The molecule has 0 aliphatic rings. The molecule has 1 aromatic rings. The monoisotopic (exact) mass is 252 g/mol. The van der Waals surface area contributed by atoms with E-state index in [2.05, 4.69) is 25.9 Å². The predicted molar refractivity (Wildman–Crippen MR) is 54.6 cm³/mol. The van der Waals surface area contributed by atoms with Gasteiger partial charge in [-0.25, -0.2) is 9.59 Å². The van der Waals surface area contributed by atoms with E-state index in [4.69, 9.17) is 0 Å². The predicted octanol–water partition coefficient (Wildman–Crippen LogP) is 2.52. The van der Waals surface area contributed by atoms with Crippen molar-refractivity contribution in [3.63, 3.8) is 0 Å². The molecular formula is C9H5BrN2O2. The van der Waals surface area contributed by atoms with Gasteiger partial charge in [-0.1, -0.05) is 22.0 Å². The molecule has 0 saturated carbocycles. The quantitative estimate of drug-likeness (QED) is 0.472. The van der Waals surface area contributed by atoms with Gasteiger partial charge >= 0.3 is 0 Å². The molecule has 0 aliphatic heterocycles. The maximum absolute atomic E-state index is 10.1. The summed E-state index contributed by atoms with van der Waals surface area (Å²) in [5.41, 5.74) is 1.70. The Labute approximate surface area is 88.5 Å². The molecule has 14 heavy (non-hydrogen) atoms. The smallest absolute Gasteiger partial charge is 0.211 e. The van der Waals surface area contributed by atoms with Crippen LogP contribution in [0.15, 0.2) is 28.2 Å². The number of nitrogens with zero attached hydrogens (tertiary/aromatic N) is 2. The van der Waals surface area contributed by atoms with Crippen molar-refractivity contribution in [1.29, 1.82) is 0 Å². The molecule has 0 aromatic heterocycles. The molecule has 0 saturated heterocycles. The molecule has 4 nitrogen and oxygen atoms in total. The molecule has 0 bridgehead atoms. The van der Waals surface area contributed by atoms with Crippen LogP contribution in [0.25, 0.3) is 0 Å². The Balaban J connectivity index is 3.26. The van der Waals surface area contributed by atoms with E-state index < -0.39 is 0 Å². The van der Waals surface area contributed by atoms with Crippen molar-refractivity contribution in [3.05, 3.63) is 23.8 Å². The largest absolute Gasteiger partial charge is 0.240 e. The van der Waals surface area contributed by atoms with E-state index in [1.807, 2.05) is 0 Å². The topological polar surface area (TPSA) is 58.9 Å². The average molecular weight is 253 g/mol. The molecule has 0 unspecified atom stereocenters. The maximum Gasteiger partial charge on any atom is 0.240 e. The van der Waals surface area contributed by atoms with Crippen molar-refractivity contribution in [3.8, 4) is 0 Å². The number of benzene rings is 1. The van der Waals surface area contributed by atoms with E-state index in [1.54, 1.807) is 12.1 Å². The van der Waals surface area contributed by atoms with Crippen LogP contribution in [0.3, 0.4) is 0 Å². The molecule has 0 amide bonds. The minimum Gasteiger partial charge on any atom is -0.211 e. The zero-order valence-corrected chi connectivity index (χ0v) is 8.61. The van der Waals surface area contributed by atoms with Gasteiger partial charge < -0.3 is 0 Å². The van der Waals surface area contributed by atoms with Crippen LogP contribution in [0, 0.1) is 0 Å². The Hall–Kier alpha value is -1.54. The van der Waals surface area contributed by atoms with Gasteiger partial charge in [0.1, 0.15) is 0 Å². The van der Waals surface area contributed by atoms with E-state index in [1.165, 1.54) is 18.2 Å². The Morgan fingerprint density at radius 3 is 2.50 bits per heavy atom. The fraction of sp³-hybridized carbons (Fsp3) is 0.111. The lowest BCUT2D eigenvalue weighted by Gasteiger charge is -1.99. The van der Waals surface area contributed by atoms with Gasteiger partial charge in [0.2, 0.25) is 12.2 Å². The van der Waals surface area contributed by atoms with Crippen molar-refractivity contribution in [2.45, 2.75) is 5.33 Å². The summed E-state index contributed by atoms with van der Waals surface area (Å²) in [6.45, 7) is 0. The molecule has 0 aliphatic carbocycles. The number of alkyl halides is 1. The molecule has 5 heteroatoms. The SMILES string of the molecule is O=C=Nc1ccc(CBr)c(N=C=O)c1. The van der Waals surface area contributed by atoms with Gasteiger partial charge in [0.25, 0.3) is 0 Å². The number of isocyanates is 2.